The molecule has 1 aliphatic heterocycles. The number of alkyl halides is 1. The average Bonchev–Trinajstić information content (AvgIpc) is 3.51. The molecule has 1 aromatic carbocycles. The van der Waals surface area contributed by atoms with E-state index in [1.165, 1.54) is 11.3 Å². The van der Waals surface area contributed by atoms with E-state index >= 15 is 0 Å². The Kier molecular flexibility index (Phi) is 5.64. The summed E-state index contributed by atoms with van der Waals surface area (Å²) in [6.45, 7) is -0.0604. The predicted molar refractivity (Wildman–Crippen MR) is 120 cm³/mol. The van der Waals surface area contributed by atoms with Gasteiger partial charge in [0.1, 0.15) is 23.0 Å². The fourth-order valence-electron chi connectivity index (χ4n) is 3.93. The van der Waals surface area contributed by atoms with Crippen molar-refractivity contribution >= 4 is 27.9 Å². The van der Waals surface area contributed by atoms with E-state index in [-0.39, 0.29) is 12.7 Å². The molecule has 1 unspecified atom stereocenters. The predicted octanol–water partition coefficient (Wildman–Crippen LogP) is 3.04. The molecule has 0 saturated carbocycles. The van der Waals surface area contributed by atoms with Crippen LogP contribution < -0.4 is 11.1 Å². The largest absolute Gasteiger partial charge is 0.369 e. The van der Waals surface area contributed by atoms with E-state index in [9.17, 15) is 9.50 Å². The smallest absolute Gasteiger partial charge is 0.169 e. The first-order valence-electron chi connectivity index (χ1n) is 10.4. The van der Waals surface area contributed by atoms with Crippen molar-refractivity contribution in [3.63, 3.8) is 0 Å². The van der Waals surface area contributed by atoms with Gasteiger partial charge in [-0.1, -0.05) is 12.1 Å². The summed E-state index contributed by atoms with van der Waals surface area (Å²) >= 11 is 1.45. The van der Waals surface area contributed by atoms with Gasteiger partial charge in [-0.15, -0.1) is 11.3 Å². The number of anilines is 1. The van der Waals surface area contributed by atoms with E-state index in [4.69, 9.17) is 10.5 Å². The number of hydrogen-bond donors (Lipinski definition) is 4. The average molecular weight is 458 g/mol. The summed E-state index contributed by atoms with van der Waals surface area (Å²) < 4.78 is 21.4. The molecule has 0 amide bonds. The third-order valence-corrected chi connectivity index (χ3v) is 6.67. The zero-order valence-corrected chi connectivity index (χ0v) is 18.2. The minimum Gasteiger partial charge on any atom is -0.369 e. The van der Waals surface area contributed by atoms with Crippen LogP contribution in [0.5, 0.6) is 0 Å². The molecule has 5 N–H and O–H groups in total. The molecular formula is C21H24FN7O2S. The number of nitrogens with two attached hydrogens (primary N) is 1. The molecule has 32 heavy (non-hydrogen) atoms. The van der Waals surface area contributed by atoms with Crippen molar-refractivity contribution in [1.82, 2.24) is 25.0 Å². The summed E-state index contributed by atoms with van der Waals surface area (Å²) in [5.41, 5.74) is 9.58. The van der Waals surface area contributed by atoms with E-state index in [0.717, 1.165) is 27.2 Å². The molecule has 9 nitrogen and oxygen atoms in total. The molecule has 0 spiro atoms. The van der Waals surface area contributed by atoms with E-state index in [0.29, 0.717) is 24.2 Å². The Morgan fingerprint density at radius 1 is 1.38 bits per heavy atom. The van der Waals surface area contributed by atoms with E-state index in [2.05, 4.69) is 25.6 Å². The van der Waals surface area contributed by atoms with Crippen LogP contribution in [-0.2, 0) is 11.8 Å². The number of fused-ring (bicyclic) bond motifs is 1. The molecule has 0 radical (unpaired) electrons. The van der Waals surface area contributed by atoms with Crippen molar-refractivity contribution in [3.8, 4) is 10.6 Å². The van der Waals surface area contributed by atoms with Crippen LogP contribution >= 0.6 is 11.3 Å². The highest BCUT2D eigenvalue weighted by Gasteiger charge is 2.30. The summed E-state index contributed by atoms with van der Waals surface area (Å²) in [7, 11) is 1.79. The topological polar surface area (TPSA) is 127 Å². The number of aliphatic hydroxyl groups excluding tert-OH is 1. The molecule has 4 aromatic rings. The molecule has 1 fully saturated rings. The zero-order chi connectivity index (χ0) is 22.2. The van der Waals surface area contributed by atoms with Crippen molar-refractivity contribution in [2.45, 2.75) is 37.4 Å². The summed E-state index contributed by atoms with van der Waals surface area (Å²) in [5, 5.41) is 28.8. The number of H-pyrrole nitrogens is 1. The first-order valence-corrected chi connectivity index (χ1v) is 11.2. The zero-order valence-electron chi connectivity index (χ0n) is 17.4. The number of thiazole rings is 1. The maximum Gasteiger partial charge on any atom is 0.169 e. The quantitative estimate of drug-likeness (QED) is 0.339. The first-order chi connectivity index (χ1) is 15.5. The van der Waals surface area contributed by atoms with Gasteiger partial charge >= 0.3 is 0 Å². The number of aromatic amines is 1. The van der Waals surface area contributed by atoms with Gasteiger partial charge in [0.05, 0.1) is 35.9 Å². The van der Waals surface area contributed by atoms with Crippen LogP contribution in [0.1, 0.15) is 36.6 Å². The van der Waals surface area contributed by atoms with Crippen LogP contribution in [0.3, 0.4) is 0 Å². The molecule has 0 aliphatic carbocycles. The first kappa shape index (κ1) is 21.0. The van der Waals surface area contributed by atoms with Gasteiger partial charge in [-0.05, 0) is 18.9 Å². The van der Waals surface area contributed by atoms with E-state index < -0.39 is 18.4 Å². The SMILES string of the molecule is Cn1ncc(NC(O)c2csc(-c3ccc4cn[nH]c4c3)n2)c1[C@@H]1CC[C@@H](N)[C@H](F)CO1. The number of benzene rings is 1. The van der Waals surface area contributed by atoms with E-state index in [1.54, 1.807) is 24.1 Å². The summed E-state index contributed by atoms with van der Waals surface area (Å²) in [6.07, 6.45) is 1.88. The van der Waals surface area contributed by atoms with Crippen LogP contribution in [0, 0.1) is 0 Å². The van der Waals surface area contributed by atoms with Crippen molar-refractivity contribution < 1.29 is 14.2 Å². The van der Waals surface area contributed by atoms with Crippen molar-refractivity contribution in [2.24, 2.45) is 12.8 Å². The molecule has 1 saturated heterocycles. The Labute approximate surface area is 187 Å². The maximum absolute atomic E-state index is 14.0. The second kappa shape index (κ2) is 8.58. The summed E-state index contributed by atoms with van der Waals surface area (Å²) in [4.78, 5) is 4.60. The maximum atomic E-state index is 14.0. The third kappa shape index (κ3) is 3.99. The number of nitrogens with one attached hydrogen (secondary N) is 2. The van der Waals surface area contributed by atoms with Gasteiger partial charge < -0.3 is 20.9 Å². The lowest BCUT2D eigenvalue weighted by molar-refractivity contribution is 0.0246. The van der Waals surface area contributed by atoms with Crippen LogP contribution in [0.2, 0.25) is 0 Å². The number of aliphatic hydroxyl groups is 1. The number of halogens is 1. The van der Waals surface area contributed by atoms with Crippen LogP contribution in [0.4, 0.5) is 10.1 Å². The van der Waals surface area contributed by atoms with Crippen LogP contribution in [0.25, 0.3) is 21.5 Å². The Hall–Kier alpha value is -2.86. The molecule has 3 aromatic heterocycles. The number of aryl methyl sites for hydroxylation is 1. The minimum absolute atomic E-state index is 0.0604. The standard InChI is InChI=1S/C21H24FN7O2S/c1-29-19(18-5-4-14(23)13(22)9-31-18)16(8-25-29)26-20(30)17-10-32-21(27-17)11-2-3-12-7-24-28-15(12)6-11/h2-3,6-8,10,13-14,18,20,26,30H,4-5,9,23H2,1H3,(H,24,28)/t13-,14-,18+,20?/m1/s1. The fourth-order valence-corrected chi connectivity index (χ4v) is 4.77. The molecule has 11 heteroatoms. The highest BCUT2D eigenvalue weighted by molar-refractivity contribution is 7.13. The van der Waals surface area contributed by atoms with E-state index in [1.807, 2.05) is 23.6 Å². The van der Waals surface area contributed by atoms with Crippen LogP contribution in [-0.4, -0.2) is 48.9 Å². The van der Waals surface area contributed by atoms with Gasteiger partial charge in [0.25, 0.3) is 0 Å². The van der Waals surface area contributed by atoms with Gasteiger partial charge in [0.15, 0.2) is 6.23 Å². The van der Waals surface area contributed by atoms with Gasteiger partial charge in [-0.25, -0.2) is 9.37 Å². The number of rotatable bonds is 5. The Bertz CT molecular complexity index is 1210. The second-order valence-electron chi connectivity index (χ2n) is 7.94. The normalized spacial score (nSPS) is 22.7. The van der Waals surface area contributed by atoms with Crippen LogP contribution in [0.15, 0.2) is 36.0 Å². The molecule has 0 bridgehead atoms. The molecule has 168 valence electrons. The number of nitrogens with zero attached hydrogens (tertiary/aromatic N) is 4. The van der Waals surface area contributed by atoms with Crippen molar-refractivity contribution in [3.05, 3.63) is 47.4 Å². The fraction of sp³-hybridized carbons (Fsp3) is 0.381. The molecule has 5 rings (SSSR count). The highest BCUT2D eigenvalue weighted by atomic mass is 32.1. The second-order valence-corrected chi connectivity index (χ2v) is 8.80. The minimum atomic E-state index is -1.19. The summed E-state index contributed by atoms with van der Waals surface area (Å²) in [5.74, 6) is 0. The molecule has 1 aliphatic rings. The number of aromatic nitrogens is 5. The lowest BCUT2D eigenvalue weighted by Crippen LogP contribution is -2.32. The monoisotopic (exact) mass is 457 g/mol. The molecule has 4 atom stereocenters. The Morgan fingerprint density at radius 3 is 3.12 bits per heavy atom. The van der Waals surface area contributed by atoms with Gasteiger partial charge in [-0.2, -0.15) is 10.2 Å². The molecule has 4 heterocycles. The van der Waals surface area contributed by atoms with Gasteiger partial charge in [0.2, 0.25) is 0 Å². The van der Waals surface area contributed by atoms with Gasteiger partial charge in [0, 0.05) is 29.4 Å². The van der Waals surface area contributed by atoms with Crippen molar-refractivity contribution in [2.75, 3.05) is 11.9 Å². The lowest BCUT2D eigenvalue weighted by Gasteiger charge is -2.19. The van der Waals surface area contributed by atoms with Gasteiger partial charge in [-0.3, -0.25) is 9.78 Å². The number of ether oxygens (including phenoxy) is 1. The Morgan fingerprint density at radius 2 is 2.25 bits per heavy atom. The molecular weight excluding hydrogens is 433 g/mol. The van der Waals surface area contributed by atoms with Crippen molar-refractivity contribution in [1.29, 1.82) is 0 Å². The summed E-state index contributed by atoms with van der Waals surface area (Å²) in [6, 6.07) is 5.40. The lowest BCUT2D eigenvalue weighted by atomic mass is 10.0. The number of hydrogen-bond acceptors (Lipinski definition) is 8. The Balaban J connectivity index is 1.34. The third-order valence-electron chi connectivity index (χ3n) is 5.76. The highest BCUT2D eigenvalue weighted by Crippen LogP contribution is 2.34.